The highest BCUT2D eigenvalue weighted by Gasteiger charge is 2.58. The number of fused-ring (bicyclic) bond motifs is 5. The Kier molecular flexibility index (Phi) is 5.23. The highest BCUT2D eigenvalue weighted by Crippen LogP contribution is 2.67. The molecule has 4 aliphatic rings. The molecule has 0 aromatic heterocycles. The van der Waals surface area contributed by atoms with Crippen molar-refractivity contribution in [3.63, 3.8) is 0 Å². The summed E-state index contributed by atoms with van der Waals surface area (Å²) in [4.78, 5) is 0. The fraction of sp³-hybridized carbons (Fsp3) is 0.926. The Labute approximate surface area is 171 Å². The zero-order valence-electron chi connectivity index (χ0n) is 19.9. The van der Waals surface area contributed by atoms with Crippen molar-refractivity contribution in [3.8, 4) is 0 Å². The Bertz CT molecular complexity index is 591. The average molecular weight is 373 g/mol. The minimum Gasteiger partial charge on any atom is -0.0845 e. The lowest BCUT2D eigenvalue weighted by atomic mass is 9.47. The van der Waals surface area contributed by atoms with Crippen LogP contribution in [0.3, 0.4) is 0 Å². The van der Waals surface area contributed by atoms with Crippen LogP contribution in [-0.2, 0) is 0 Å². The van der Waals surface area contributed by atoms with Crippen molar-refractivity contribution in [3.05, 3.63) is 11.6 Å². The predicted molar refractivity (Wildman–Crippen MR) is 118 cm³/mol. The first kappa shape index (κ1) is 18.7. The topological polar surface area (TPSA) is 0 Å². The van der Waals surface area contributed by atoms with Crippen LogP contribution < -0.4 is 0 Å². The van der Waals surface area contributed by atoms with Gasteiger partial charge in [0.05, 0.1) is 0 Å². The zero-order chi connectivity index (χ0) is 20.1. The first-order valence-corrected chi connectivity index (χ1v) is 12.4. The normalized spacial score (nSPS) is 48.3. The molecule has 0 bridgehead atoms. The number of hydrogen-bond donors (Lipinski definition) is 0. The predicted octanol–water partition coefficient (Wildman–Crippen LogP) is 8.42. The molecule has 154 valence electrons. The van der Waals surface area contributed by atoms with Crippen molar-refractivity contribution in [2.24, 2.45) is 46.3 Å². The van der Waals surface area contributed by atoms with Gasteiger partial charge in [0.25, 0.3) is 0 Å². The Morgan fingerprint density at radius 1 is 1.07 bits per heavy atom. The molecule has 0 aromatic rings. The summed E-state index contributed by atoms with van der Waals surface area (Å²) in [6, 6.07) is 0. The molecule has 0 radical (unpaired) electrons. The summed E-state index contributed by atoms with van der Waals surface area (Å²) >= 11 is 0. The molecule has 8 atom stereocenters. The van der Waals surface area contributed by atoms with Gasteiger partial charge in [-0.3, -0.25) is 0 Å². The molecule has 0 amide bonds. The molecule has 0 unspecified atom stereocenters. The molecule has 0 heteroatoms. The van der Waals surface area contributed by atoms with Gasteiger partial charge in [-0.1, -0.05) is 72.0 Å². The van der Waals surface area contributed by atoms with E-state index in [9.17, 15) is 0 Å². The van der Waals surface area contributed by atoms with Crippen LogP contribution in [0, 0.1) is 46.3 Å². The van der Waals surface area contributed by atoms with Gasteiger partial charge in [-0.25, -0.2) is 0 Å². The summed E-state index contributed by atoms with van der Waals surface area (Å²) in [6.07, 6.45) is 17.8. The van der Waals surface area contributed by atoms with E-state index in [1.165, 1.54) is 57.8 Å². The molecule has 0 nitrogen and oxygen atoms in total. The van der Waals surface area contributed by atoms with E-state index in [0.717, 1.165) is 48.3 Å². The quantitative estimate of drug-likeness (QED) is 0.425. The molecule has 4 aliphatic carbocycles. The van der Waals surface area contributed by atoms with Crippen LogP contribution in [-0.4, -0.2) is 0 Å². The molecule has 0 aliphatic heterocycles. The van der Waals surface area contributed by atoms with Crippen molar-refractivity contribution in [2.75, 3.05) is 0 Å². The summed E-state index contributed by atoms with van der Waals surface area (Å²) in [5.74, 6) is 5.54. The Balaban J connectivity index is 1.49. The molecule has 0 heterocycles. The second kappa shape index (κ2) is 7.53. The van der Waals surface area contributed by atoms with E-state index in [0.29, 0.717) is 10.8 Å². The van der Waals surface area contributed by atoms with Gasteiger partial charge in [0.2, 0.25) is 0 Å². The third-order valence-electron chi connectivity index (χ3n) is 10.1. The molecule has 4 rings (SSSR count). The largest absolute Gasteiger partial charge is 0.0845 e. The Hall–Kier alpha value is -0.260. The molecular formula is C27H46. The fourth-order valence-corrected chi connectivity index (χ4v) is 8.50. The van der Waals surface area contributed by atoms with E-state index in [1.807, 2.05) is 0 Å². The van der Waals surface area contributed by atoms with Gasteiger partial charge in [0.1, 0.15) is 0 Å². The van der Waals surface area contributed by atoms with Crippen molar-refractivity contribution >= 4 is 0 Å². The third-order valence-corrected chi connectivity index (χ3v) is 10.1. The van der Waals surface area contributed by atoms with Gasteiger partial charge in [0.15, 0.2) is 0 Å². The maximum absolute atomic E-state index is 8.28. The molecule has 27 heavy (non-hydrogen) atoms. The molecule has 0 aromatic carbocycles. The van der Waals surface area contributed by atoms with Gasteiger partial charge < -0.3 is 0 Å². The lowest BCUT2D eigenvalue weighted by Gasteiger charge is -2.58. The van der Waals surface area contributed by atoms with E-state index in [1.54, 1.807) is 5.57 Å². The maximum Gasteiger partial charge on any atom is 0.0270 e. The van der Waals surface area contributed by atoms with Gasteiger partial charge in [-0.15, -0.1) is 0 Å². The minimum absolute atomic E-state index is 0.173. The van der Waals surface area contributed by atoms with Gasteiger partial charge in [-0.2, -0.15) is 0 Å². The summed E-state index contributed by atoms with van der Waals surface area (Å²) in [5.41, 5.74) is 2.72. The van der Waals surface area contributed by atoms with Crippen LogP contribution in [0.25, 0.3) is 0 Å². The number of rotatable bonds is 5. The smallest absolute Gasteiger partial charge is 0.0270 e. The minimum atomic E-state index is 0.173. The molecule has 0 saturated heterocycles. The van der Waals surface area contributed by atoms with Gasteiger partial charge >= 0.3 is 0 Å². The van der Waals surface area contributed by atoms with Crippen LogP contribution in [0.2, 0.25) is 0 Å². The van der Waals surface area contributed by atoms with Crippen LogP contribution in [0.4, 0.5) is 0 Å². The lowest BCUT2D eigenvalue weighted by Crippen LogP contribution is -2.50. The molecule has 0 N–H and O–H groups in total. The van der Waals surface area contributed by atoms with Crippen LogP contribution >= 0.6 is 0 Å². The summed E-state index contributed by atoms with van der Waals surface area (Å²) < 4.78 is 8.28. The van der Waals surface area contributed by atoms with Crippen LogP contribution in [0.5, 0.6) is 0 Å². The van der Waals surface area contributed by atoms with Crippen LogP contribution in [0.1, 0.15) is 113 Å². The van der Waals surface area contributed by atoms with E-state index >= 15 is 0 Å². The average Bonchev–Trinajstić information content (AvgIpc) is 2.99. The van der Waals surface area contributed by atoms with E-state index < -0.39 is 0 Å². The Morgan fingerprint density at radius 2 is 1.89 bits per heavy atom. The zero-order valence-corrected chi connectivity index (χ0v) is 18.9. The van der Waals surface area contributed by atoms with E-state index in [2.05, 4.69) is 40.7 Å². The number of allylic oxidation sites excluding steroid dienone is 2. The number of hydrogen-bond acceptors (Lipinski definition) is 0. The van der Waals surface area contributed by atoms with Crippen LogP contribution in [0.15, 0.2) is 11.6 Å². The highest BCUT2D eigenvalue weighted by molar-refractivity contribution is 5.24. The van der Waals surface area contributed by atoms with E-state index in [-0.39, 0.29) is 6.40 Å². The van der Waals surface area contributed by atoms with Gasteiger partial charge in [0, 0.05) is 1.37 Å². The SMILES string of the molecule is [3H][C@@H]1CC[C@@]2(C)C(=CC[C@H]3[C@@H]4CC[C@H]([C@H](C)CCCC(C)C)[C@@]4(C)CC[C@@H]32)C1. The lowest BCUT2D eigenvalue weighted by molar-refractivity contribution is -0.0500. The third kappa shape index (κ3) is 3.36. The second-order valence-corrected chi connectivity index (χ2v) is 11.8. The first-order valence-electron chi connectivity index (χ1n) is 12.9. The molecule has 3 fully saturated rings. The van der Waals surface area contributed by atoms with Crippen molar-refractivity contribution < 1.29 is 1.37 Å². The van der Waals surface area contributed by atoms with E-state index in [4.69, 9.17) is 1.37 Å². The first-order chi connectivity index (χ1) is 13.3. The second-order valence-electron chi connectivity index (χ2n) is 11.8. The fourth-order valence-electron chi connectivity index (χ4n) is 8.50. The summed E-state index contributed by atoms with van der Waals surface area (Å²) in [5, 5.41) is 0. The van der Waals surface area contributed by atoms with Crippen molar-refractivity contribution in [1.29, 1.82) is 0 Å². The van der Waals surface area contributed by atoms with Crippen molar-refractivity contribution in [2.45, 2.75) is 112 Å². The molecule has 0 spiro atoms. The maximum atomic E-state index is 8.28. The van der Waals surface area contributed by atoms with Crippen molar-refractivity contribution in [1.82, 2.24) is 0 Å². The summed E-state index contributed by atoms with van der Waals surface area (Å²) in [6.45, 7) is 12.6. The Morgan fingerprint density at radius 3 is 2.67 bits per heavy atom. The molecule has 3 saturated carbocycles. The summed E-state index contributed by atoms with van der Waals surface area (Å²) in [7, 11) is 0. The van der Waals surface area contributed by atoms with Gasteiger partial charge in [-0.05, 0) is 97.7 Å². The highest BCUT2D eigenvalue weighted by atomic mass is 14.6. The monoisotopic (exact) mass is 372 g/mol. The molecular weight excluding hydrogens is 324 g/mol. The standard InChI is InChI=1S/C27H46/c1-19(2)9-8-10-20(3)23-14-15-24-22-13-12-21-11-6-7-17-26(21,4)25(22)16-18-27(23,24)5/h12,19-20,22-25H,6-11,13-18H2,1-5H3/t20-,22+,23-,24+,25+,26+,27-/m1/s1/i6T/t6-,20-,22+,23-,24+,25+,26+,27-.